The summed E-state index contributed by atoms with van der Waals surface area (Å²) in [6, 6.07) is 0. The number of aromatic nitrogens is 1. The fraction of sp³-hybridized carbons (Fsp3) is 0.824. The summed E-state index contributed by atoms with van der Waals surface area (Å²) in [7, 11) is 1.73. The SMILES string of the molecule is COCCNCc1noc2c1CCCCCCCCCC2. The number of rotatable bonds is 5. The topological polar surface area (TPSA) is 47.3 Å². The Kier molecular flexibility index (Phi) is 7.82. The molecule has 0 amide bonds. The monoisotopic (exact) mass is 294 g/mol. The van der Waals surface area contributed by atoms with Crippen LogP contribution in [0.25, 0.3) is 0 Å². The van der Waals surface area contributed by atoms with Gasteiger partial charge in [0.1, 0.15) is 11.5 Å². The maximum atomic E-state index is 5.63. The Labute approximate surface area is 128 Å². The van der Waals surface area contributed by atoms with E-state index in [1.165, 1.54) is 56.9 Å². The molecule has 0 saturated heterocycles. The van der Waals surface area contributed by atoms with Gasteiger partial charge in [-0.2, -0.15) is 0 Å². The second-order valence-electron chi connectivity index (χ2n) is 6.03. The molecule has 2 rings (SSSR count). The van der Waals surface area contributed by atoms with Crippen LogP contribution in [0.2, 0.25) is 0 Å². The molecule has 1 aliphatic carbocycles. The van der Waals surface area contributed by atoms with Crippen LogP contribution in [0.1, 0.15) is 68.4 Å². The fourth-order valence-corrected chi connectivity index (χ4v) is 3.03. The van der Waals surface area contributed by atoms with Crippen molar-refractivity contribution < 1.29 is 9.26 Å². The van der Waals surface area contributed by atoms with Crippen molar-refractivity contribution in [3.05, 3.63) is 17.0 Å². The molecule has 4 nitrogen and oxygen atoms in total. The van der Waals surface area contributed by atoms with E-state index in [4.69, 9.17) is 9.26 Å². The maximum absolute atomic E-state index is 5.63. The molecular weight excluding hydrogens is 264 g/mol. The molecule has 0 radical (unpaired) electrons. The molecule has 0 fully saturated rings. The van der Waals surface area contributed by atoms with E-state index in [-0.39, 0.29) is 0 Å². The van der Waals surface area contributed by atoms with Crippen molar-refractivity contribution in [2.75, 3.05) is 20.3 Å². The van der Waals surface area contributed by atoms with Crippen LogP contribution in [-0.2, 0) is 24.1 Å². The minimum Gasteiger partial charge on any atom is -0.383 e. The van der Waals surface area contributed by atoms with Gasteiger partial charge in [0.05, 0.1) is 6.61 Å². The van der Waals surface area contributed by atoms with Crippen LogP contribution in [0, 0.1) is 0 Å². The van der Waals surface area contributed by atoms with Crippen LogP contribution in [0.4, 0.5) is 0 Å². The molecule has 0 aromatic carbocycles. The minimum atomic E-state index is 0.736. The molecule has 0 aliphatic heterocycles. The number of aryl methyl sites for hydroxylation is 1. The van der Waals surface area contributed by atoms with E-state index in [1.54, 1.807) is 7.11 Å². The van der Waals surface area contributed by atoms with Gasteiger partial charge < -0.3 is 14.6 Å². The van der Waals surface area contributed by atoms with Crippen molar-refractivity contribution in [2.24, 2.45) is 0 Å². The van der Waals surface area contributed by atoms with Crippen molar-refractivity contribution in [2.45, 2.75) is 70.8 Å². The van der Waals surface area contributed by atoms with Gasteiger partial charge in [-0.15, -0.1) is 0 Å². The fourth-order valence-electron chi connectivity index (χ4n) is 3.03. The van der Waals surface area contributed by atoms with Crippen LogP contribution in [-0.4, -0.2) is 25.4 Å². The van der Waals surface area contributed by atoms with Crippen molar-refractivity contribution in [1.82, 2.24) is 10.5 Å². The van der Waals surface area contributed by atoms with Crippen LogP contribution >= 0.6 is 0 Å². The van der Waals surface area contributed by atoms with E-state index in [2.05, 4.69) is 10.5 Å². The van der Waals surface area contributed by atoms with Gasteiger partial charge in [0, 0.05) is 32.2 Å². The van der Waals surface area contributed by atoms with Crippen molar-refractivity contribution >= 4 is 0 Å². The predicted molar refractivity (Wildman–Crippen MR) is 84.4 cm³/mol. The summed E-state index contributed by atoms with van der Waals surface area (Å²) in [6.07, 6.45) is 12.9. The Balaban J connectivity index is 1.93. The normalized spacial score (nSPS) is 17.8. The molecule has 0 bridgehead atoms. The molecular formula is C17H30N2O2. The summed E-state index contributed by atoms with van der Waals surface area (Å²) < 4.78 is 10.7. The lowest BCUT2D eigenvalue weighted by Gasteiger charge is -2.08. The van der Waals surface area contributed by atoms with E-state index < -0.39 is 0 Å². The van der Waals surface area contributed by atoms with Gasteiger partial charge in [0.25, 0.3) is 0 Å². The first-order valence-electron chi connectivity index (χ1n) is 8.57. The highest BCUT2D eigenvalue weighted by Gasteiger charge is 2.15. The molecule has 1 aromatic heterocycles. The molecule has 0 unspecified atom stereocenters. The highest BCUT2D eigenvalue weighted by atomic mass is 16.5. The second kappa shape index (κ2) is 9.96. The number of nitrogens with one attached hydrogen (secondary N) is 1. The van der Waals surface area contributed by atoms with E-state index in [0.29, 0.717) is 0 Å². The molecule has 120 valence electrons. The van der Waals surface area contributed by atoms with E-state index in [0.717, 1.165) is 44.0 Å². The number of fused-ring (bicyclic) bond motifs is 1. The lowest BCUT2D eigenvalue weighted by molar-refractivity contribution is 0.199. The summed E-state index contributed by atoms with van der Waals surface area (Å²) in [4.78, 5) is 0. The summed E-state index contributed by atoms with van der Waals surface area (Å²) in [5.41, 5.74) is 2.48. The predicted octanol–water partition coefficient (Wildman–Crippen LogP) is 3.63. The number of nitrogens with zero attached hydrogens (tertiary/aromatic N) is 1. The highest BCUT2D eigenvalue weighted by molar-refractivity contribution is 5.23. The molecule has 0 saturated carbocycles. The quantitative estimate of drug-likeness (QED) is 0.842. The van der Waals surface area contributed by atoms with Crippen LogP contribution in [0.5, 0.6) is 0 Å². The number of ether oxygens (including phenoxy) is 1. The Hall–Kier alpha value is -0.870. The van der Waals surface area contributed by atoms with Gasteiger partial charge in [-0.25, -0.2) is 0 Å². The lowest BCUT2D eigenvalue weighted by Crippen LogP contribution is -2.19. The second-order valence-corrected chi connectivity index (χ2v) is 6.03. The van der Waals surface area contributed by atoms with Gasteiger partial charge >= 0.3 is 0 Å². The third kappa shape index (κ3) is 5.79. The molecule has 0 atom stereocenters. The zero-order valence-corrected chi connectivity index (χ0v) is 13.5. The zero-order valence-electron chi connectivity index (χ0n) is 13.5. The number of hydrogen-bond acceptors (Lipinski definition) is 4. The Morgan fingerprint density at radius 1 is 1.00 bits per heavy atom. The average molecular weight is 294 g/mol. The minimum absolute atomic E-state index is 0.736. The highest BCUT2D eigenvalue weighted by Crippen LogP contribution is 2.22. The molecule has 1 N–H and O–H groups in total. The van der Waals surface area contributed by atoms with Gasteiger partial charge in [0.15, 0.2) is 0 Å². The van der Waals surface area contributed by atoms with Crippen LogP contribution in [0.3, 0.4) is 0 Å². The van der Waals surface area contributed by atoms with Gasteiger partial charge in [-0.3, -0.25) is 0 Å². The summed E-state index contributed by atoms with van der Waals surface area (Å²) in [5, 5.41) is 7.69. The Morgan fingerprint density at radius 3 is 2.38 bits per heavy atom. The Morgan fingerprint density at radius 2 is 1.67 bits per heavy atom. The summed E-state index contributed by atoms with van der Waals surface area (Å²) in [6.45, 7) is 2.39. The van der Waals surface area contributed by atoms with Gasteiger partial charge in [-0.05, 0) is 19.3 Å². The van der Waals surface area contributed by atoms with Crippen molar-refractivity contribution in [3.63, 3.8) is 0 Å². The van der Waals surface area contributed by atoms with Gasteiger partial charge in [-0.1, -0.05) is 43.7 Å². The van der Waals surface area contributed by atoms with Gasteiger partial charge in [0.2, 0.25) is 0 Å². The maximum Gasteiger partial charge on any atom is 0.140 e. The zero-order chi connectivity index (χ0) is 14.8. The largest absolute Gasteiger partial charge is 0.383 e. The molecule has 1 heterocycles. The molecule has 1 aliphatic rings. The number of methoxy groups -OCH3 is 1. The van der Waals surface area contributed by atoms with Crippen LogP contribution < -0.4 is 5.32 Å². The lowest BCUT2D eigenvalue weighted by atomic mass is 9.98. The molecule has 4 heteroatoms. The first kappa shape index (κ1) is 16.5. The van der Waals surface area contributed by atoms with E-state index in [1.807, 2.05) is 0 Å². The summed E-state index contributed by atoms with van der Waals surface area (Å²) >= 11 is 0. The Bertz CT molecular complexity index is 390. The van der Waals surface area contributed by atoms with E-state index >= 15 is 0 Å². The van der Waals surface area contributed by atoms with E-state index in [9.17, 15) is 0 Å². The average Bonchev–Trinajstić information content (AvgIpc) is 2.86. The summed E-state index contributed by atoms with van der Waals surface area (Å²) in [5.74, 6) is 1.14. The number of hydrogen-bond donors (Lipinski definition) is 1. The third-order valence-corrected chi connectivity index (χ3v) is 4.31. The molecule has 21 heavy (non-hydrogen) atoms. The first-order chi connectivity index (χ1) is 10.4. The molecule has 0 spiro atoms. The van der Waals surface area contributed by atoms with Crippen molar-refractivity contribution in [3.8, 4) is 0 Å². The van der Waals surface area contributed by atoms with Crippen LogP contribution in [0.15, 0.2) is 4.52 Å². The smallest absolute Gasteiger partial charge is 0.140 e. The standard InChI is InChI=1S/C17H30N2O2/c1-20-13-12-18-14-16-15-10-8-6-4-2-3-5-7-9-11-17(15)21-19-16/h18H,2-14H2,1H3. The molecule has 1 aromatic rings. The first-order valence-corrected chi connectivity index (χ1v) is 8.57. The van der Waals surface area contributed by atoms with Crippen molar-refractivity contribution in [1.29, 1.82) is 0 Å². The third-order valence-electron chi connectivity index (χ3n) is 4.31.